The van der Waals surface area contributed by atoms with Crippen molar-refractivity contribution in [2.24, 2.45) is 11.3 Å². The second-order valence-corrected chi connectivity index (χ2v) is 6.14. The van der Waals surface area contributed by atoms with Gasteiger partial charge in [-0.2, -0.15) is 0 Å². The summed E-state index contributed by atoms with van der Waals surface area (Å²) in [5.41, 5.74) is 1.05. The summed E-state index contributed by atoms with van der Waals surface area (Å²) in [4.78, 5) is 15.0. The van der Waals surface area contributed by atoms with Crippen molar-refractivity contribution in [3.8, 4) is 0 Å². The lowest BCUT2D eigenvalue weighted by molar-refractivity contribution is -0.130. The Bertz CT molecular complexity index is 516. The van der Waals surface area contributed by atoms with Gasteiger partial charge in [0.2, 0.25) is 5.91 Å². The van der Waals surface area contributed by atoms with Crippen LogP contribution in [0.5, 0.6) is 0 Å². The van der Waals surface area contributed by atoms with E-state index in [1.54, 1.807) is 6.08 Å². The van der Waals surface area contributed by atoms with Crippen molar-refractivity contribution in [3.63, 3.8) is 0 Å². The Morgan fingerprint density at radius 2 is 2.29 bits per heavy atom. The molecule has 1 aromatic carbocycles. The summed E-state index contributed by atoms with van der Waals surface area (Å²) in [6.45, 7) is 8.69. The fourth-order valence-electron chi connectivity index (χ4n) is 3.65. The number of hydrogen-bond donors (Lipinski definition) is 2. The minimum absolute atomic E-state index is 0.174. The predicted molar refractivity (Wildman–Crippen MR) is 83.7 cm³/mol. The van der Waals surface area contributed by atoms with Gasteiger partial charge in [-0.15, -0.1) is 6.58 Å². The number of fused-ring (bicyclic) bond motifs is 1. The van der Waals surface area contributed by atoms with Crippen molar-refractivity contribution in [1.29, 1.82) is 0 Å². The van der Waals surface area contributed by atoms with Gasteiger partial charge >= 0.3 is 0 Å². The molecule has 1 amide bonds. The highest BCUT2D eigenvalue weighted by Gasteiger charge is 2.54. The van der Waals surface area contributed by atoms with Gasteiger partial charge in [0.1, 0.15) is 0 Å². The molecule has 2 fully saturated rings. The first-order valence-corrected chi connectivity index (χ1v) is 7.61. The van der Waals surface area contributed by atoms with E-state index in [0.29, 0.717) is 12.5 Å². The number of nitrogens with zero attached hydrogens (tertiary/aromatic N) is 1. The standard InChI is InChI=1S/C17H23N3O/c1-2-8-19-16(21)17-12-18-9-15(17)11-20(13-17)10-14-6-4-3-5-7-14/h2-7,15,18H,1,8-13H2,(H,19,21)/t15-,17-/m0/s1. The molecule has 2 aliphatic rings. The van der Waals surface area contributed by atoms with Crippen LogP contribution in [0.15, 0.2) is 43.0 Å². The smallest absolute Gasteiger partial charge is 0.229 e. The maximum Gasteiger partial charge on any atom is 0.229 e. The van der Waals surface area contributed by atoms with E-state index < -0.39 is 0 Å². The Hall–Kier alpha value is -1.65. The molecule has 1 aromatic rings. The highest BCUT2D eigenvalue weighted by Crippen LogP contribution is 2.39. The lowest BCUT2D eigenvalue weighted by atomic mass is 9.80. The Morgan fingerprint density at radius 1 is 1.48 bits per heavy atom. The molecule has 2 aliphatic heterocycles. The molecular weight excluding hydrogens is 262 g/mol. The van der Waals surface area contributed by atoms with E-state index >= 15 is 0 Å². The number of nitrogens with one attached hydrogen (secondary N) is 2. The molecule has 2 N–H and O–H groups in total. The van der Waals surface area contributed by atoms with E-state index in [4.69, 9.17) is 0 Å². The molecule has 0 saturated carbocycles. The first-order valence-electron chi connectivity index (χ1n) is 7.61. The molecule has 3 rings (SSSR count). The van der Waals surface area contributed by atoms with E-state index in [1.165, 1.54) is 5.56 Å². The molecule has 0 bridgehead atoms. The second-order valence-electron chi connectivity index (χ2n) is 6.14. The van der Waals surface area contributed by atoms with Crippen molar-refractivity contribution >= 4 is 5.91 Å². The minimum atomic E-state index is -0.266. The van der Waals surface area contributed by atoms with Crippen LogP contribution in [0.1, 0.15) is 5.56 Å². The van der Waals surface area contributed by atoms with Crippen LogP contribution in [0.2, 0.25) is 0 Å². The summed E-state index contributed by atoms with van der Waals surface area (Å²) in [7, 11) is 0. The van der Waals surface area contributed by atoms with Crippen molar-refractivity contribution in [1.82, 2.24) is 15.5 Å². The van der Waals surface area contributed by atoms with Crippen LogP contribution in [-0.2, 0) is 11.3 Å². The first-order chi connectivity index (χ1) is 10.2. The third-order valence-corrected chi connectivity index (χ3v) is 4.71. The third kappa shape index (κ3) is 2.74. The lowest BCUT2D eigenvalue weighted by Gasteiger charge is -2.26. The van der Waals surface area contributed by atoms with Gasteiger partial charge in [-0.25, -0.2) is 0 Å². The zero-order valence-corrected chi connectivity index (χ0v) is 12.3. The Labute approximate surface area is 126 Å². The van der Waals surface area contributed by atoms with Crippen LogP contribution in [0.25, 0.3) is 0 Å². The molecule has 0 radical (unpaired) electrons. The number of likely N-dealkylation sites (tertiary alicyclic amines) is 1. The largest absolute Gasteiger partial charge is 0.352 e. The Morgan fingerprint density at radius 3 is 3.05 bits per heavy atom. The number of benzene rings is 1. The summed E-state index contributed by atoms with van der Waals surface area (Å²) >= 11 is 0. The fraction of sp³-hybridized carbons (Fsp3) is 0.471. The molecule has 4 heteroatoms. The van der Waals surface area contributed by atoms with Gasteiger partial charge < -0.3 is 10.6 Å². The highest BCUT2D eigenvalue weighted by atomic mass is 16.2. The molecular formula is C17H23N3O. The van der Waals surface area contributed by atoms with Crippen molar-refractivity contribution in [3.05, 3.63) is 48.6 Å². The second kappa shape index (κ2) is 6.00. The van der Waals surface area contributed by atoms with Gasteiger partial charge in [0.25, 0.3) is 0 Å². The monoisotopic (exact) mass is 285 g/mol. The quantitative estimate of drug-likeness (QED) is 0.794. The SMILES string of the molecule is C=CCNC(=O)[C@]12CNC[C@H]1CN(Cc1ccccc1)C2. The zero-order chi connectivity index (χ0) is 14.7. The van der Waals surface area contributed by atoms with E-state index in [-0.39, 0.29) is 11.3 Å². The van der Waals surface area contributed by atoms with Gasteiger partial charge in [-0.1, -0.05) is 36.4 Å². The van der Waals surface area contributed by atoms with Gasteiger partial charge in [0.05, 0.1) is 5.41 Å². The Balaban J connectivity index is 1.70. The summed E-state index contributed by atoms with van der Waals surface area (Å²) in [5.74, 6) is 0.582. The number of hydrogen-bond acceptors (Lipinski definition) is 3. The summed E-state index contributed by atoms with van der Waals surface area (Å²) in [6, 6.07) is 10.5. The van der Waals surface area contributed by atoms with Crippen LogP contribution in [0.3, 0.4) is 0 Å². The molecule has 0 aromatic heterocycles. The van der Waals surface area contributed by atoms with Gasteiger partial charge in [0, 0.05) is 45.2 Å². The number of amides is 1. The molecule has 0 spiro atoms. The van der Waals surface area contributed by atoms with Crippen LogP contribution < -0.4 is 10.6 Å². The van der Waals surface area contributed by atoms with Crippen LogP contribution >= 0.6 is 0 Å². The normalized spacial score (nSPS) is 28.3. The van der Waals surface area contributed by atoms with E-state index in [1.807, 2.05) is 6.07 Å². The fourth-order valence-corrected chi connectivity index (χ4v) is 3.65. The maximum absolute atomic E-state index is 12.6. The van der Waals surface area contributed by atoms with Crippen molar-refractivity contribution in [2.75, 3.05) is 32.7 Å². The van der Waals surface area contributed by atoms with Crippen LogP contribution in [0, 0.1) is 11.3 Å². The summed E-state index contributed by atoms with van der Waals surface area (Å²) in [6.07, 6.45) is 1.74. The molecule has 0 aliphatic carbocycles. The first kappa shape index (κ1) is 14.3. The maximum atomic E-state index is 12.6. The molecule has 21 heavy (non-hydrogen) atoms. The van der Waals surface area contributed by atoms with Crippen LogP contribution in [-0.4, -0.2) is 43.5 Å². The summed E-state index contributed by atoms with van der Waals surface area (Å²) in [5, 5.41) is 6.39. The molecule has 2 saturated heterocycles. The molecule has 112 valence electrons. The summed E-state index contributed by atoms with van der Waals surface area (Å²) < 4.78 is 0. The van der Waals surface area contributed by atoms with Crippen molar-refractivity contribution < 1.29 is 4.79 Å². The number of carbonyl (C=O) groups excluding carboxylic acids is 1. The Kier molecular flexibility index (Phi) is 4.08. The third-order valence-electron chi connectivity index (χ3n) is 4.71. The van der Waals surface area contributed by atoms with E-state index in [9.17, 15) is 4.79 Å². The highest BCUT2D eigenvalue weighted by molar-refractivity contribution is 5.84. The van der Waals surface area contributed by atoms with Crippen LogP contribution in [0.4, 0.5) is 0 Å². The van der Waals surface area contributed by atoms with Crippen molar-refractivity contribution in [2.45, 2.75) is 6.54 Å². The van der Waals surface area contributed by atoms with E-state index in [2.05, 4.69) is 46.4 Å². The van der Waals surface area contributed by atoms with Gasteiger partial charge in [0.15, 0.2) is 0 Å². The van der Waals surface area contributed by atoms with Gasteiger partial charge in [-0.05, 0) is 5.56 Å². The molecule has 2 heterocycles. The number of rotatable bonds is 5. The molecule has 2 atom stereocenters. The minimum Gasteiger partial charge on any atom is -0.352 e. The molecule has 4 nitrogen and oxygen atoms in total. The molecule has 0 unspecified atom stereocenters. The lowest BCUT2D eigenvalue weighted by Crippen LogP contribution is -2.47. The zero-order valence-electron chi connectivity index (χ0n) is 12.3. The number of carbonyl (C=O) groups is 1. The topological polar surface area (TPSA) is 44.4 Å². The predicted octanol–water partition coefficient (Wildman–Crippen LogP) is 1.01. The average molecular weight is 285 g/mol. The van der Waals surface area contributed by atoms with E-state index in [0.717, 1.165) is 32.7 Å². The average Bonchev–Trinajstić information content (AvgIpc) is 3.03. The van der Waals surface area contributed by atoms with Gasteiger partial charge in [-0.3, -0.25) is 9.69 Å².